The van der Waals surface area contributed by atoms with Crippen molar-refractivity contribution in [3.63, 3.8) is 0 Å². The Morgan fingerprint density at radius 3 is 2.62 bits per heavy atom. The second kappa shape index (κ2) is 6.61. The molecule has 1 aromatic heterocycles. The minimum Gasteiger partial charge on any atom is -0.377 e. The lowest BCUT2D eigenvalue weighted by Gasteiger charge is -2.40. The number of nitrogens with one attached hydrogen (secondary N) is 2. The largest absolute Gasteiger partial charge is 0.377 e. The number of benzene rings is 1. The van der Waals surface area contributed by atoms with Crippen LogP contribution in [0.2, 0.25) is 0 Å². The zero-order chi connectivity index (χ0) is 20.2. The van der Waals surface area contributed by atoms with Gasteiger partial charge in [-0.25, -0.2) is 4.98 Å². The fourth-order valence-electron chi connectivity index (χ4n) is 5.37. The molecule has 3 heterocycles. The first kappa shape index (κ1) is 18.2. The van der Waals surface area contributed by atoms with Gasteiger partial charge in [0, 0.05) is 24.1 Å². The van der Waals surface area contributed by atoms with Crippen molar-refractivity contribution in [3.05, 3.63) is 53.9 Å². The van der Waals surface area contributed by atoms with Crippen molar-refractivity contribution >= 4 is 28.3 Å². The Morgan fingerprint density at radius 1 is 1.17 bits per heavy atom. The van der Waals surface area contributed by atoms with Crippen LogP contribution >= 0.6 is 0 Å². The molecule has 150 valence electrons. The predicted octanol–water partition coefficient (Wildman–Crippen LogP) is 4.95. The predicted molar refractivity (Wildman–Crippen MR) is 118 cm³/mol. The van der Waals surface area contributed by atoms with E-state index in [0.29, 0.717) is 6.42 Å². The summed E-state index contributed by atoms with van der Waals surface area (Å²) in [4.78, 5) is 22.9. The number of hydrogen-bond donors (Lipinski definition) is 2. The van der Waals surface area contributed by atoms with Crippen molar-refractivity contribution in [1.29, 1.82) is 0 Å². The molecule has 1 aromatic carbocycles. The number of fused-ring (bicyclic) bond motifs is 3. The first-order valence-corrected chi connectivity index (χ1v) is 10.6. The maximum Gasteiger partial charge on any atom is 0.226 e. The van der Waals surface area contributed by atoms with E-state index in [4.69, 9.17) is 4.98 Å². The number of rotatable bonds is 3. The molecular formula is C24H28N4O. The molecule has 0 atom stereocenters. The molecule has 1 aliphatic carbocycles. The van der Waals surface area contributed by atoms with E-state index in [9.17, 15) is 4.79 Å². The van der Waals surface area contributed by atoms with Crippen molar-refractivity contribution in [2.45, 2.75) is 57.4 Å². The van der Waals surface area contributed by atoms with Crippen LogP contribution in [0.25, 0.3) is 11.0 Å². The third-order valence-corrected chi connectivity index (χ3v) is 6.80. The maximum atomic E-state index is 12.7. The Labute approximate surface area is 171 Å². The van der Waals surface area contributed by atoms with Crippen LogP contribution in [0.4, 0.5) is 11.4 Å². The van der Waals surface area contributed by atoms with Crippen LogP contribution in [0, 0.1) is 6.92 Å². The third kappa shape index (κ3) is 2.83. The van der Waals surface area contributed by atoms with E-state index in [2.05, 4.69) is 29.5 Å². The number of aryl methyl sites for hydroxylation is 1. The Kier molecular flexibility index (Phi) is 4.16. The molecule has 0 saturated carbocycles. The number of hydrogen-bond acceptors (Lipinski definition) is 3. The minimum atomic E-state index is -0.0235. The molecule has 5 heteroatoms. The average molecular weight is 389 g/mol. The number of anilines is 2. The van der Waals surface area contributed by atoms with Crippen molar-refractivity contribution in [2.75, 3.05) is 16.8 Å². The van der Waals surface area contributed by atoms with E-state index in [1.54, 1.807) is 0 Å². The van der Waals surface area contributed by atoms with Gasteiger partial charge in [0.05, 0.1) is 16.9 Å². The number of piperidine rings is 1. The van der Waals surface area contributed by atoms with E-state index in [0.717, 1.165) is 73.3 Å². The lowest BCUT2D eigenvalue weighted by molar-refractivity contribution is -0.119. The summed E-state index contributed by atoms with van der Waals surface area (Å²) in [7, 11) is 0. The monoisotopic (exact) mass is 388 g/mol. The lowest BCUT2D eigenvalue weighted by atomic mass is 9.82. The zero-order valence-electron chi connectivity index (χ0n) is 17.1. The van der Waals surface area contributed by atoms with Gasteiger partial charge in [-0.2, -0.15) is 0 Å². The standard InChI is InChI=1S/C24H28N4O/c1-4-16-13-24(14-17(16)5-2)10-9-18-20(28-11-7-6-8-21(28)29)12-19-23(22(18)27-24)26-15(3)25-19/h4-5,12,27H,1-2,6-11,13-14H2,3H3,(H,25,26). The Hall–Kier alpha value is -2.82. The highest BCUT2D eigenvalue weighted by Crippen LogP contribution is 2.48. The highest BCUT2D eigenvalue weighted by Gasteiger charge is 2.41. The average Bonchev–Trinajstić information content (AvgIpc) is 3.27. The highest BCUT2D eigenvalue weighted by molar-refractivity contribution is 6.02. The third-order valence-electron chi connectivity index (χ3n) is 6.80. The van der Waals surface area contributed by atoms with Gasteiger partial charge < -0.3 is 15.2 Å². The second-order valence-electron chi connectivity index (χ2n) is 8.69. The highest BCUT2D eigenvalue weighted by atomic mass is 16.2. The van der Waals surface area contributed by atoms with Crippen molar-refractivity contribution in [3.8, 4) is 0 Å². The summed E-state index contributed by atoms with van der Waals surface area (Å²) in [5.41, 5.74) is 7.92. The summed E-state index contributed by atoms with van der Waals surface area (Å²) in [5.74, 6) is 1.13. The van der Waals surface area contributed by atoms with Crippen LogP contribution in [0.5, 0.6) is 0 Å². The topological polar surface area (TPSA) is 61.0 Å². The molecule has 5 nitrogen and oxygen atoms in total. The minimum absolute atomic E-state index is 0.0235. The first-order valence-electron chi connectivity index (χ1n) is 10.6. The summed E-state index contributed by atoms with van der Waals surface area (Å²) in [6.45, 7) is 10.8. The Balaban J connectivity index is 1.62. The number of carbonyl (C=O) groups is 1. The summed E-state index contributed by atoms with van der Waals surface area (Å²) < 4.78 is 0. The summed E-state index contributed by atoms with van der Waals surface area (Å²) in [5, 5.41) is 3.89. The Morgan fingerprint density at radius 2 is 1.93 bits per heavy atom. The molecule has 1 saturated heterocycles. The van der Waals surface area contributed by atoms with Crippen molar-refractivity contribution in [1.82, 2.24) is 9.97 Å². The van der Waals surface area contributed by atoms with Gasteiger partial charge in [0.1, 0.15) is 11.3 Å². The molecular weight excluding hydrogens is 360 g/mol. The molecule has 5 rings (SSSR count). The van der Waals surface area contributed by atoms with Gasteiger partial charge in [-0.05, 0) is 62.7 Å². The van der Waals surface area contributed by atoms with Gasteiger partial charge in [-0.15, -0.1) is 0 Å². The number of aromatic amines is 1. The van der Waals surface area contributed by atoms with Gasteiger partial charge >= 0.3 is 0 Å². The van der Waals surface area contributed by atoms with Crippen molar-refractivity contribution in [2.24, 2.45) is 0 Å². The smallest absolute Gasteiger partial charge is 0.226 e. The van der Waals surface area contributed by atoms with Gasteiger partial charge in [-0.1, -0.05) is 25.3 Å². The van der Waals surface area contributed by atoms with Crippen LogP contribution in [0.1, 0.15) is 49.9 Å². The lowest BCUT2D eigenvalue weighted by Crippen LogP contribution is -2.41. The molecule has 2 aromatic rings. The van der Waals surface area contributed by atoms with Gasteiger partial charge in [-0.3, -0.25) is 4.79 Å². The molecule has 0 radical (unpaired) electrons. The van der Waals surface area contributed by atoms with E-state index >= 15 is 0 Å². The fraction of sp³-hybridized carbons (Fsp3) is 0.417. The SMILES string of the molecule is C=CC1=C(C=C)CC2(CCc3c(N4CCCCC4=O)cc4[nH]c(C)nc4c3N2)C1. The molecule has 2 N–H and O–H groups in total. The van der Waals surface area contributed by atoms with Crippen LogP contribution in [-0.4, -0.2) is 28.0 Å². The van der Waals surface area contributed by atoms with Gasteiger partial charge in [0.15, 0.2) is 0 Å². The summed E-state index contributed by atoms with van der Waals surface area (Å²) in [6, 6.07) is 2.13. The van der Waals surface area contributed by atoms with E-state index in [-0.39, 0.29) is 11.4 Å². The first-order chi connectivity index (χ1) is 14.0. The van der Waals surface area contributed by atoms with Gasteiger partial charge in [0.25, 0.3) is 0 Å². The molecule has 1 amide bonds. The van der Waals surface area contributed by atoms with Crippen LogP contribution < -0.4 is 10.2 Å². The molecule has 2 aliphatic heterocycles. The molecule has 0 unspecified atom stereocenters. The van der Waals surface area contributed by atoms with Crippen LogP contribution in [0.3, 0.4) is 0 Å². The Bertz CT molecular complexity index is 1050. The number of allylic oxidation sites excluding steroid dienone is 2. The number of nitrogens with zero attached hydrogens (tertiary/aromatic N) is 2. The quantitative estimate of drug-likeness (QED) is 0.782. The fourth-order valence-corrected chi connectivity index (χ4v) is 5.37. The molecule has 3 aliphatic rings. The number of amides is 1. The van der Waals surface area contributed by atoms with Crippen LogP contribution in [-0.2, 0) is 11.2 Å². The second-order valence-corrected chi connectivity index (χ2v) is 8.69. The van der Waals surface area contributed by atoms with Gasteiger partial charge in [0.2, 0.25) is 5.91 Å². The number of H-pyrrole nitrogens is 1. The van der Waals surface area contributed by atoms with E-state index < -0.39 is 0 Å². The maximum absolute atomic E-state index is 12.7. The number of imidazole rings is 1. The molecule has 1 fully saturated rings. The number of carbonyl (C=O) groups excluding carboxylic acids is 1. The van der Waals surface area contributed by atoms with Crippen molar-refractivity contribution < 1.29 is 4.79 Å². The number of aromatic nitrogens is 2. The summed E-state index contributed by atoms with van der Waals surface area (Å²) in [6.07, 6.45) is 10.5. The van der Waals surface area contributed by atoms with Crippen LogP contribution in [0.15, 0.2) is 42.5 Å². The molecule has 1 spiro atoms. The normalized spacial score (nSPS) is 20.9. The molecule has 0 bridgehead atoms. The zero-order valence-corrected chi connectivity index (χ0v) is 17.1. The summed E-state index contributed by atoms with van der Waals surface area (Å²) >= 11 is 0. The van der Waals surface area contributed by atoms with E-state index in [1.807, 2.05) is 24.0 Å². The van der Waals surface area contributed by atoms with E-state index in [1.165, 1.54) is 16.7 Å². The molecule has 29 heavy (non-hydrogen) atoms.